The highest BCUT2D eigenvalue weighted by Crippen LogP contribution is 2.49. The standard InChI is InChI=1S/C32H27ClF2O3/c33-29-27(34)17-16-25(30(29)35)31-20-36-18-26(31)28(37-21-31)19-38-32(22-10-4-1-5-11-22,23-12-6-2-7-13-23)24-14-8-3-9-15-24/h1-17,26,28H,18-21H2/t26-,28-,31+/m1/s1. The van der Waals surface area contributed by atoms with Crippen LogP contribution in [0.3, 0.4) is 0 Å². The van der Waals surface area contributed by atoms with E-state index >= 15 is 4.39 Å². The molecule has 2 heterocycles. The topological polar surface area (TPSA) is 27.7 Å². The van der Waals surface area contributed by atoms with Gasteiger partial charge in [-0.15, -0.1) is 0 Å². The summed E-state index contributed by atoms with van der Waals surface area (Å²) in [7, 11) is 0. The summed E-state index contributed by atoms with van der Waals surface area (Å²) in [5, 5.41) is -0.501. The Balaban J connectivity index is 1.39. The molecule has 2 fully saturated rings. The van der Waals surface area contributed by atoms with Crippen molar-refractivity contribution in [1.29, 1.82) is 0 Å². The van der Waals surface area contributed by atoms with Crippen LogP contribution in [0.2, 0.25) is 5.02 Å². The Morgan fingerprint density at radius 3 is 1.89 bits per heavy atom. The highest BCUT2D eigenvalue weighted by molar-refractivity contribution is 6.31. The Morgan fingerprint density at radius 2 is 1.34 bits per heavy atom. The molecule has 4 aromatic carbocycles. The highest BCUT2D eigenvalue weighted by atomic mass is 35.5. The van der Waals surface area contributed by atoms with E-state index in [2.05, 4.69) is 36.4 Å². The van der Waals surface area contributed by atoms with Gasteiger partial charge in [0.25, 0.3) is 0 Å². The minimum atomic E-state index is -0.901. The number of halogens is 3. The van der Waals surface area contributed by atoms with Gasteiger partial charge in [0.2, 0.25) is 0 Å². The van der Waals surface area contributed by atoms with E-state index in [9.17, 15) is 4.39 Å². The maximum atomic E-state index is 15.2. The molecule has 0 aromatic heterocycles. The molecule has 2 aliphatic rings. The van der Waals surface area contributed by atoms with Crippen LogP contribution in [0.5, 0.6) is 0 Å². The predicted octanol–water partition coefficient (Wildman–Crippen LogP) is 6.91. The van der Waals surface area contributed by atoms with Crippen molar-refractivity contribution in [3.05, 3.63) is 142 Å². The number of ether oxygens (including phenoxy) is 3. The fourth-order valence-electron chi connectivity index (χ4n) is 6.02. The first-order valence-electron chi connectivity index (χ1n) is 12.7. The van der Waals surface area contributed by atoms with Crippen molar-refractivity contribution >= 4 is 11.6 Å². The smallest absolute Gasteiger partial charge is 0.148 e. The predicted molar refractivity (Wildman–Crippen MR) is 142 cm³/mol. The molecule has 0 N–H and O–H groups in total. The molecule has 0 saturated carbocycles. The third-order valence-corrected chi connectivity index (χ3v) is 8.29. The first-order valence-corrected chi connectivity index (χ1v) is 13.1. The minimum Gasteiger partial charge on any atom is -0.380 e. The number of hydrogen-bond donors (Lipinski definition) is 0. The third-order valence-electron chi connectivity index (χ3n) is 7.95. The Labute approximate surface area is 225 Å². The van der Waals surface area contributed by atoms with E-state index in [0.29, 0.717) is 12.2 Å². The van der Waals surface area contributed by atoms with Crippen LogP contribution >= 0.6 is 11.6 Å². The van der Waals surface area contributed by atoms with Crippen molar-refractivity contribution in [3.8, 4) is 0 Å². The molecule has 3 atom stereocenters. The van der Waals surface area contributed by atoms with E-state index in [0.717, 1.165) is 16.7 Å². The molecule has 0 aliphatic carbocycles. The van der Waals surface area contributed by atoms with E-state index in [4.69, 9.17) is 25.8 Å². The second-order valence-electron chi connectivity index (χ2n) is 9.94. The van der Waals surface area contributed by atoms with E-state index < -0.39 is 27.7 Å². The van der Waals surface area contributed by atoms with Gasteiger partial charge in [-0.3, -0.25) is 0 Å². The zero-order valence-electron chi connectivity index (χ0n) is 20.7. The van der Waals surface area contributed by atoms with Gasteiger partial charge in [-0.2, -0.15) is 0 Å². The molecule has 0 amide bonds. The molecule has 0 bridgehead atoms. The minimum absolute atomic E-state index is 0.182. The van der Waals surface area contributed by atoms with Crippen LogP contribution in [0.1, 0.15) is 22.3 Å². The Hall–Kier alpha value is -3.09. The summed E-state index contributed by atoms with van der Waals surface area (Å²) < 4.78 is 48.3. The maximum absolute atomic E-state index is 15.2. The van der Waals surface area contributed by atoms with Gasteiger partial charge in [-0.05, 0) is 22.8 Å². The molecule has 0 radical (unpaired) electrons. The number of rotatable bonds is 7. The van der Waals surface area contributed by atoms with Gasteiger partial charge in [0.1, 0.15) is 22.3 Å². The maximum Gasteiger partial charge on any atom is 0.148 e. The second kappa shape index (κ2) is 10.2. The fraction of sp³-hybridized carbons (Fsp3) is 0.250. The van der Waals surface area contributed by atoms with Crippen molar-refractivity contribution in [2.75, 3.05) is 26.4 Å². The first-order chi connectivity index (χ1) is 18.6. The van der Waals surface area contributed by atoms with Gasteiger partial charge >= 0.3 is 0 Å². The largest absolute Gasteiger partial charge is 0.380 e. The van der Waals surface area contributed by atoms with E-state index in [1.54, 1.807) is 0 Å². The molecule has 0 unspecified atom stereocenters. The lowest BCUT2D eigenvalue weighted by atomic mass is 9.72. The number of hydrogen-bond acceptors (Lipinski definition) is 3. The van der Waals surface area contributed by atoms with Gasteiger partial charge in [0.05, 0.1) is 37.9 Å². The first kappa shape index (κ1) is 25.2. The van der Waals surface area contributed by atoms with Crippen LogP contribution < -0.4 is 0 Å². The third kappa shape index (κ3) is 4.05. The van der Waals surface area contributed by atoms with Crippen molar-refractivity contribution in [2.45, 2.75) is 17.1 Å². The Bertz CT molecular complexity index is 1300. The van der Waals surface area contributed by atoms with Crippen LogP contribution in [0.4, 0.5) is 8.78 Å². The average Bonchev–Trinajstić information content (AvgIpc) is 3.54. The summed E-state index contributed by atoms with van der Waals surface area (Å²) in [5.74, 6) is -1.71. The SMILES string of the molecule is Fc1ccc([C@@]23COC[C@@H]2[C@@H](COC(c2ccccc2)(c2ccccc2)c2ccccc2)OC3)c(F)c1Cl. The lowest BCUT2D eigenvalue weighted by Crippen LogP contribution is -2.40. The summed E-state index contributed by atoms with van der Waals surface area (Å²) in [4.78, 5) is 0. The molecule has 2 aliphatic heterocycles. The molecule has 4 aromatic rings. The van der Waals surface area contributed by atoms with Crippen molar-refractivity contribution in [1.82, 2.24) is 0 Å². The van der Waals surface area contributed by atoms with E-state index in [1.807, 2.05) is 54.6 Å². The molecule has 38 heavy (non-hydrogen) atoms. The Kier molecular flexibility index (Phi) is 6.79. The highest BCUT2D eigenvalue weighted by Gasteiger charge is 2.56. The Morgan fingerprint density at radius 1 is 0.789 bits per heavy atom. The molecule has 0 spiro atoms. The van der Waals surface area contributed by atoms with Crippen molar-refractivity contribution in [2.24, 2.45) is 5.92 Å². The van der Waals surface area contributed by atoms with Gasteiger partial charge in [-0.1, -0.05) is 109 Å². The van der Waals surface area contributed by atoms with Gasteiger partial charge < -0.3 is 14.2 Å². The summed E-state index contributed by atoms with van der Waals surface area (Å²) >= 11 is 5.95. The summed E-state index contributed by atoms with van der Waals surface area (Å²) in [6.07, 6.45) is -0.365. The zero-order valence-corrected chi connectivity index (χ0v) is 21.4. The van der Waals surface area contributed by atoms with Crippen LogP contribution in [-0.2, 0) is 25.2 Å². The molecular formula is C32H27ClF2O3. The molecule has 6 rings (SSSR count). The monoisotopic (exact) mass is 532 g/mol. The quantitative estimate of drug-likeness (QED) is 0.191. The van der Waals surface area contributed by atoms with Gasteiger partial charge in [-0.25, -0.2) is 8.78 Å². The van der Waals surface area contributed by atoms with Crippen LogP contribution in [-0.4, -0.2) is 32.5 Å². The number of fused-ring (bicyclic) bond motifs is 1. The van der Waals surface area contributed by atoms with Crippen LogP contribution in [0.15, 0.2) is 103 Å². The lowest BCUT2D eigenvalue weighted by molar-refractivity contribution is -0.0616. The summed E-state index contributed by atoms with van der Waals surface area (Å²) in [5.41, 5.74) is 1.63. The molecule has 6 heteroatoms. The summed E-state index contributed by atoms with van der Waals surface area (Å²) in [6.45, 7) is 1.14. The molecular weight excluding hydrogens is 506 g/mol. The van der Waals surface area contributed by atoms with Gasteiger partial charge in [0, 0.05) is 11.5 Å². The second-order valence-corrected chi connectivity index (χ2v) is 10.3. The van der Waals surface area contributed by atoms with Crippen molar-refractivity contribution in [3.63, 3.8) is 0 Å². The van der Waals surface area contributed by atoms with Crippen molar-refractivity contribution < 1.29 is 23.0 Å². The zero-order chi connectivity index (χ0) is 26.2. The molecule has 194 valence electrons. The lowest BCUT2D eigenvalue weighted by Gasteiger charge is -2.37. The molecule has 3 nitrogen and oxygen atoms in total. The fourth-order valence-corrected chi connectivity index (χ4v) is 6.19. The van der Waals surface area contributed by atoms with Gasteiger partial charge in [0.15, 0.2) is 0 Å². The molecule has 2 saturated heterocycles. The normalized spacial score (nSPS) is 22.9. The van der Waals surface area contributed by atoms with E-state index in [-0.39, 0.29) is 31.8 Å². The van der Waals surface area contributed by atoms with Crippen LogP contribution in [0.25, 0.3) is 0 Å². The number of benzene rings is 4. The summed E-state index contributed by atoms with van der Waals surface area (Å²) in [6, 6.07) is 33.0. The van der Waals surface area contributed by atoms with Crippen LogP contribution in [0, 0.1) is 17.6 Å². The van der Waals surface area contributed by atoms with E-state index in [1.165, 1.54) is 12.1 Å². The average molecular weight is 533 g/mol.